The van der Waals surface area contributed by atoms with E-state index in [1.165, 1.54) is 6.07 Å². The molecule has 1 N–H and O–H groups in total. The number of rotatable bonds is 1. The zero-order chi connectivity index (χ0) is 15.7. The maximum atomic E-state index is 14.0. The fourth-order valence-corrected chi connectivity index (χ4v) is 2.99. The van der Waals surface area contributed by atoms with Gasteiger partial charge >= 0.3 is 0 Å². The van der Waals surface area contributed by atoms with Crippen LogP contribution in [0.25, 0.3) is 0 Å². The largest absolute Gasteiger partial charge is 0.387 e. The summed E-state index contributed by atoms with van der Waals surface area (Å²) >= 11 is 0. The predicted molar refractivity (Wildman–Crippen MR) is 75.9 cm³/mol. The van der Waals surface area contributed by atoms with Crippen LogP contribution in [0.5, 0.6) is 0 Å². The summed E-state index contributed by atoms with van der Waals surface area (Å²) in [6.07, 6.45) is 0.603. The third kappa shape index (κ3) is 2.58. The van der Waals surface area contributed by atoms with Crippen LogP contribution in [-0.2, 0) is 6.42 Å². The standard InChI is InChI=1S/C17H14F2N2O/c18-14-3-1-2-13(16(14)19)10-5-7-15(22)17-11(8-10)4-6-12(9-20)21-17/h1-4,6,10,15,22H,5,7-8H2. The molecule has 22 heavy (non-hydrogen) atoms. The molecule has 0 fully saturated rings. The van der Waals surface area contributed by atoms with Crippen LogP contribution in [-0.4, -0.2) is 10.1 Å². The van der Waals surface area contributed by atoms with Crippen molar-refractivity contribution in [2.75, 3.05) is 0 Å². The van der Waals surface area contributed by atoms with Gasteiger partial charge in [-0.05, 0) is 48.4 Å². The van der Waals surface area contributed by atoms with Gasteiger partial charge in [-0.25, -0.2) is 13.8 Å². The van der Waals surface area contributed by atoms with Crippen molar-refractivity contribution in [1.82, 2.24) is 4.98 Å². The Morgan fingerprint density at radius 1 is 1.18 bits per heavy atom. The molecule has 2 aromatic rings. The topological polar surface area (TPSA) is 56.9 Å². The molecule has 2 atom stereocenters. The summed E-state index contributed by atoms with van der Waals surface area (Å²) in [6.45, 7) is 0. The quantitative estimate of drug-likeness (QED) is 0.821. The van der Waals surface area contributed by atoms with Crippen molar-refractivity contribution in [2.45, 2.75) is 31.3 Å². The van der Waals surface area contributed by atoms with Crippen molar-refractivity contribution >= 4 is 0 Å². The summed E-state index contributed by atoms with van der Waals surface area (Å²) in [5.41, 5.74) is 1.81. The average molecular weight is 300 g/mol. The van der Waals surface area contributed by atoms with Gasteiger partial charge in [-0.2, -0.15) is 5.26 Å². The van der Waals surface area contributed by atoms with Crippen LogP contribution >= 0.6 is 0 Å². The lowest BCUT2D eigenvalue weighted by Gasteiger charge is -2.16. The monoisotopic (exact) mass is 300 g/mol. The van der Waals surface area contributed by atoms with E-state index in [9.17, 15) is 13.9 Å². The average Bonchev–Trinajstić information content (AvgIpc) is 2.69. The number of aromatic nitrogens is 1. The Morgan fingerprint density at radius 2 is 2.00 bits per heavy atom. The Morgan fingerprint density at radius 3 is 2.77 bits per heavy atom. The molecular weight excluding hydrogens is 286 g/mol. The second kappa shape index (κ2) is 5.82. The van der Waals surface area contributed by atoms with E-state index in [0.29, 0.717) is 30.5 Å². The Bertz CT molecular complexity index is 755. The van der Waals surface area contributed by atoms with E-state index in [-0.39, 0.29) is 11.6 Å². The summed E-state index contributed by atoms with van der Waals surface area (Å²) in [4.78, 5) is 4.16. The highest BCUT2D eigenvalue weighted by molar-refractivity contribution is 5.34. The van der Waals surface area contributed by atoms with Gasteiger partial charge in [0.2, 0.25) is 0 Å². The number of nitriles is 1. The van der Waals surface area contributed by atoms with E-state index >= 15 is 0 Å². The first-order valence-electron chi connectivity index (χ1n) is 7.12. The molecule has 0 amide bonds. The number of hydrogen-bond donors (Lipinski definition) is 1. The third-order valence-electron chi connectivity index (χ3n) is 4.12. The molecule has 112 valence electrons. The van der Waals surface area contributed by atoms with E-state index in [1.54, 1.807) is 18.2 Å². The predicted octanol–water partition coefficient (Wildman–Crippen LogP) is 3.38. The number of benzene rings is 1. The molecule has 1 aromatic carbocycles. The Hall–Kier alpha value is -2.32. The minimum Gasteiger partial charge on any atom is -0.387 e. The van der Waals surface area contributed by atoms with Crippen molar-refractivity contribution in [2.24, 2.45) is 0 Å². The van der Waals surface area contributed by atoms with E-state index in [0.717, 1.165) is 11.6 Å². The lowest BCUT2D eigenvalue weighted by molar-refractivity contribution is 0.160. The van der Waals surface area contributed by atoms with Crippen molar-refractivity contribution in [3.05, 3.63) is 64.5 Å². The molecule has 2 unspecified atom stereocenters. The first-order valence-corrected chi connectivity index (χ1v) is 7.12. The molecule has 1 aliphatic carbocycles. The van der Waals surface area contributed by atoms with Crippen LogP contribution in [0.2, 0.25) is 0 Å². The summed E-state index contributed by atoms with van der Waals surface area (Å²) in [7, 11) is 0. The number of aliphatic hydroxyl groups excluding tert-OH is 1. The highest BCUT2D eigenvalue weighted by Crippen LogP contribution is 2.36. The maximum absolute atomic E-state index is 14.0. The molecule has 0 radical (unpaired) electrons. The first kappa shape index (κ1) is 14.6. The highest BCUT2D eigenvalue weighted by atomic mass is 19.2. The van der Waals surface area contributed by atoms with Crippen LogP contribution in [0.1, 0.15) is 47.4 Å². The second-order valence-corrected chi connectivity index (χ2v) is 5.49. The van der Waals surface area contributed by atoms with Crippen LogP contribution in [0.4, 0.5) is 8.78 Å². The Balaban J connectivity index is 2.01. The zero-order valence-corrected chi connectivity index (χ0v) is 11.8. The number of halogens is 2. The van der Waals surface area contributed by atoms with Gasteiger partial charge in [-0.1, -0.05) is 18.2 Å². The smallest absolute Gasteiger partial charge is 0.162 e. The van der Waals surface area contributed by atoms with Gasteiger partial charge in [0.15, 0.2) is 11.6 Å². The van der Waals surface area contributed by atoms with Crippen LogP contribution in [0.15, 0.2) is 30.3 Å². The van der Waals surface area contributed by atoms with Gasteiger partial charge in [0.1, 0.15) is 11.8 Å². The molecule has 1 heterocycles. The van der Waals surface area contributed by atoms with E-state index < -0.39 is 17.7 Å². The first-order chi connectivity index (χ1) is 10.6. The Labute approximate surface area is 126 Å². The molecule has 0 saturated carbocycles. The molecular formula is C17H14F2N2O. The highest BCUT2D eigenvalue weighted by Gasteiger charge is 2.27. The minimum absolute atomic E-state index is 0.221. The van der Waals surface area contributed by atoms with Gasteiger partial charge in [-0.3, -0.25) is 0 Å². The summed E-state index contributed by atoms with van der Waals surface area (Å²) in [5.74, 6) is -1.91. The summed E-state index contributed by atoms with van der Waals surface area (Å²) < 4.78 is 27.4. The molecule has 0 saturated heterocycles. The van der Waals surface area contributed by atoms with Crippen LogP contribution in [0, 0.1) is 23.0 Å². The fourth-order valence-electron chi connectivity index (χ4n) is 2.99. The lowest BCUT2D eigenvalue weighted by atomic mass is 9.90. The van der Waals surface area contributed by atoms with E-state index in [1.807, 2.05) is 6.07 Å². The number of hydrogen-bond acceptors (Lipinski definition) is 3. The molecule has 1 aliphatic rings. The molecule has 0 aliphatic heterocycles. The minimum atomic E-state index is -0.861. The third-order valence-corrected chi connectivity index (χ3v) is 4.12. The molecule has 1 aromatic heterocycles. The molecule has 0 bridgehead atoms. The molecule has 3 rings (SSSR count). The summed E-state index contributed by atoms with van der Waals surface area (Å²) in [5, 5.41) is 19.1. The van der Waals surface area contributed by atoms with Crippen LogP contribution < -0.4 is 0 Å². The van der Waals surface area contributed by atoms with Gasteiger partial charge in [0, 0.05) is 0 Å². The zero-order valence-electron chi connectivity index (χ0n) is 11.8. The number of aliphatic hydroxyl groups is 1. The second-order valence-electron chi connectivity index (χ2n) is 5.49. The van der Waals surface area contributed by atoms with E-state index in [4.69, 9.17) is 5.26 Å². The van der Waals surface area contributed by atoms with Crippen molar-refractivity contribution in [3.63, 3.8) is 0 Å². The number of pyridine rings is 1. The van der Waals surface area contributed by atoms with Gasteiger partial charge < -0.3 is 5.11 Å². The number of fused-ring (bicyclic) bond motifs is 1. The van der Waals surface area contributed by atoms with E-state index in [2.05, 4.69) is 4.98 Å². The molecule has 3 nitrogen and oxygen atoms in total. The molecule has 5 heteroatoms. The number of nitrogens with zero attached hydrogens (tertiary/aromatic N) is 2. The van der Waals surface area contributed by atoms with Gasteiger partial charge in [0.05, 0.1) is 11.8 Å². The van der Waals surface area contributed by atoms with Crippen molar-refractivity contribution in [1.29, 1.82) is 5.26 Å². The van der Waals surface area contributed by atoms with Gasteiger partial charge in [-0.15, -0.1) is 0 Å². The maximum Gasteiger partial charge on any atom is 0.162 e. The Kier molecular flexibility index (Phi) is 3.86. The van der Waals surface area contributed by atoms with Crippen molar-refractivity contribution < 1.29 is 13.9 Å². The SMILES string of the molecule is N#Cc1ccc2c(n1)C(O)CCC(c1cccc(F)c1F)C2. The fraction of sp³-hybridized carbons (Fsp3) is 0.294. The molecule has 0 spiro atoms. The lowest BCUT2D eigenvalue weighted by Crippen LogP contribution is -2.06. The normalized spacial score (nSPS) is 20.8. The van der Waals surface area contributed by atoms with Crippen molar-refractivity contribution in [3.8, 4) is 6.07 Å². The van der Waals surface area contributed by atoms with Gasteiger partial charge in [0.25, 0.3) is 0 Å². The summed E-state index contributed by atoms with van der Waals surface area (Å²) in [6, 6.07) is 9.43. The van der Waals surface area contributed by atoms with Crippen LogP contribution in [0.3, 0.4) is 0 Å².